The van der Waals surface area contributed by atoms with Crippen LogP contribution in [-0.2, 0) is 15.9 Å². The van der Waals surface area contributed by atoms with Gasteiger partial charge in [0.2, 0.25) is 5.91 Å². The molecule has 8 rings (SSSR count). The molecule has 2 N–H and O–H groups in total. The van der Waals surface area contributed by atoms with E-state index < -0.39 is 41.8 Å². The molecule has 0 saturated heterocycles. The van der Waals surface area contributed by atoms with E-state index in [2.05, 4.69) is 16.2 Å². The summed E-state index contributed by atoms with van der Waals surface area (Å²) in [4.78, 5) is 20.2. The molecule has 1 spiro atoms. The number of carbonyl (C=O) groups excluding carboxylic acids is 1. The summed E-state index contributed by atoms with van der Waals surface area (Å²) in [6.07, 6.45) is 3.55. The van der Waals surface area contributed by atoms with Crippen LogP contribution in [0.3, 0.4) is 0 Å². The first-order valence-electron chi connectivity index (χ1n) is 16.9. The van der Waals surface area contributed by atoms with E-state index in [4.69, 9.17) is 4.52 Å². The van der Waals surface area contributed by atoms with Gasteiger partial charge in [-0.2, -0.15) is 18.2 Å². The molecule has 0 aliphatic heterocycles. The number of anilines is 1. The van der Waals surface area contributed by atoms with Crippen LogP contribution >= 0.6 is 0 Å². The maximum atomic E-state index is 14.5. The van der Waals surface area contributed by atoms with Crippen LogP contribution in [-0.4, -0.2) is 50.2 Å². The highest BCUT2D eigenvalue weighted by atomic mass is 19.4. The smallest absolute Gasteiger partial charge is 0.390 e. The van der Waals surface area contributed by atoms with E-state index in [0.29, 0.717) is 18.1 Å². The van der Waals surface area contributed by atoms with Crippen molar-refractivity contribution in [2.45, 2.75) is 127 Å². The summed E-state index contributed by atoms with van der Waals surface area (Å²) in [6, 6.07) is 7.73. The number of nitrogens with zero attached hydrogens (tertiary/aromatic N) is 3. The molecule has 256 valence electrons. The van der Waals surface area contributed by atoms with Crippen molar-refractivity contribution in [1.29, 1.82) is 0 Å². The highest BCUT2D eigenvalue weighted by Crippen LogP contribution is 2.62. The highest BCUT2D eigenvalue weighted by Gasteiger charge is 2.63. The van der Waals surface area contributed by atoms with Gasteiger partial charge in [-0.15, -0.1) is 0 Å². The molecule has 11 heteroatoms. The molecule has 1 aromatic carbocycles. The molecule has 1 amide bonds. The number of allylic oxidation sites excluding steroid dienone is 2. The van der Waals surface area contributed by atoms with Crippen molar-refractivity contribution in [3.63, 3.8) is 0 Å². The Labute approximate surface area is 272 Å². The number of rotatable bonds is 8. The first-order valence-corrected chi connectivity index (χ1v) is 16.9. The Morgan fingerprint density at radius 2 is 1.62 bits per heavy atom. The number of hydrogen-bond acceptors (Lipinski definition) is 6. The van der Waals surface area contributed by atoms with Crippen LogP contribution in [0.4, 0.5) is 23.2 Å². The Bertz CT molecular complexity index is 1560. The van der Waals surface area contributed by atoms with E-state index in [1.54, 1.807) is 4.90 Å². The third-order valence-corrected chi connectivity index (χ3v) is 12.5. The second-order valence-electron chi connectivity index (χ2n) is 16.8. The lowest BCUT2D eigenvalue weighted by Gasteiger charge is -2.55. The minimum Gasteiger partial charge on any atom is -0.390 e. The zero-order valence-corrected chi connectivity index (χ0v) is 27.6. The average Bonchev–Trinajstić information content (AvgIpc) is 3.45. The molecule has 47 heavy (non-hydrogen) atoms. The molecule has 1 aromatic heterocycles. The summed E-state index contributed by atoms with van der Waals surface area (Å²) in [5.41, 5.74) is -2.90. The van der Waals surface area contributed by atoms with E-state index >= 15 is 0 Å². The summed E-state index contributed by atoms with van der Waals surface area (Å²) < 4.78 is 60.3. The lowest BCUT2D eigenvalue weighted by molar-refractivity contribution is -0.295. The van der Waals surface area contributed by atoms with Gasteiger partial charge in [0.05, 0.1) is 5.60 Å². The molecule has 1 heterocycles. The Morgan fingerprint density at radius 1 is 1.00 bits per heavy atom. The van der Waals surface area contributed by atoms with Gasteiger partial charge >= 0.3 is 6.18 Å². The van der Waals surface area contributed by atoms with Crippen molar-refractivity contribution in [2.24, 2.45) is 22.7 Å². The van der Waals surface area contributed by atoms with Crippen molar-refractivity contribution >= 4 is 17.2 Å². The number of alkyl halides is 4. The van der Waals surface area contributed by atoms with Crippen LogP contribution in [0, 0.1) is 22.7 Å². The zero-order chi connectivity index (χ0) is 33.8. The fourth-order valence-corrected chi connectivity index (χ4v) is 8.99. The molecule has 0 atom stereocenters. The quantitative estimate of drug-likeness (QED) is 0.284. The normalized spacial score (nSPS) is 35.1. The first kappa shape index (κ1) is 32.7. The van der Waals surface area contributed by atoms with E-state index in [0.717, 1.165) is 63.4 Å². The predicted octanol–water partition coefficient (Wildman–Crippen LogP) is 7.56. The van der Waals surface area contributed by atoms with Gasteiger partial charge < -0.3 is 19.6 Å². The minimum atomic E-state index is -4.78. The van der Waals surface area contributed by atoms with Crippen LogP contribution in [0.25, 0.3) is 5.57 Å². The molecule has 5 fully saturated rings. The molecule has 2 bridgehead atoms. The van der Waals surface area contributed by atoms with Crippen LogP contribution in [0.15, 0.2) is 34.9 Å². The van der Waals surface area contributed by atoms with Gasteiger partial charge in [-0.05, 0) is 138 Å². The van der Waals surface area contributed by atoms with E-state index in [1.807, 2.05) is 38.1 Å². The number of benzene rings is 1. The Kier molecular flexibility index (Phi) is 7.22. The molecular formula is C36H45F4N3O4. The third-order valence-electron chi connectivity index (χ3n) is 12.5. The fourth-order valence-electron chi connectivity index (χ4n) is 8.99. The Balaban J connectivity index is 1.12. The number of aliphatic hydroxyl groups is 2. The van der Waals surface area contributed by atoms with Gasteiger partial charge in [-0.25, -0.2) is 4.39 Å². The number of fused-ring (bicyclic) bond motifs is 3. The van der Waals surface area contributed by atoms with Crippen molar-refractivity contribution in [3.05, 3.63) is 47.6 Å². The first-order chi connectivity index (χ1) is 21.7. The molecule has 0 unspecified atom stereocenters. The van der Waals surface area contributed by atoms with Crippen LogP contribution in [0.5, 0.6) is 0 Å². The van der Waals surface area contributed by atoms with Gasteiger partial charge in [0.1, 0.15) is 0 Å². The van der Waals surface area contributed by atoms with Gasteiger partial charge in [0, 0.05) is 23.6 Å². The molecule has 7 nitrogen and oxygen atoms in total. The minimum absolute atomic E-state index is 0.0397. The highest BCUT2D eigenvalue weighted by molar-refractivity contribution is 5.96. The predicted molar refractivity (Wildman–Crippen MR) is 167 cm³/mol. The summed E-state index contributed by atoms with van der Waals surface area (Å²) in [5.74, 6) is -0.553. The second kappa shape index (κ2) is 10.4. The summed E-state index contributed by atoms with van der Waals surface area (Å²) in [6.45, 7) is 6.84. The van der Waals surface area contributed by atoms with Crippen molar-refractivity contribution in [2.75, 3.05) is 11.4 Å². The number of halogens is 4. The monoisotopic (exact) mass is 659 g/mol. The summed E-state index contributed by atoms with van der Waals surface area (Å²) in [7, 11) is 0. The van der Waals surface area contributed by atoms with Crippen molar-refractivity contribution in [1.82, 2.24) is 10.1 Å². The van der Waals surface area contributed by atoms with E-state index in [-0.39, 0.29) is 34.0 Å². The lowest BCUT2D eigenvalue weighted by Crippen LogP contribution is -2.60. The van der Waals surface area contributed by atoms with Crippen LogP contribution < -0.4 is 4.90 Å². The second-order valence-corrected chi connectivity index (χ2v) is 16.8. The number of amides is 1. The van der Waals surface area contributed by atoms with Gasteiger partial charge in [0.15, 0.2) is 17.1 Å². The molecule has 0 radical (unpaired) electrons. The Morgan fingerprint density at radius 3 is 2.15 bits per heavy atom. The average molecular weight is 660 g/mol. The van der Waals surface area contributed by atoms with Crippen LogP contribution in [0.2, 0.25) is 0 Å². The maximum Gasteiger partial charge on any atom is 0.417 e. The van der Waals surface area contributed by atoms with Crippen molar-refractivity contribution < 1.29 is 37.1 Å². The topological polar surface area (TPSA) is 99.7 Å². The maximum absolute atomic E-state index is 14.5. The largest absolute Gasteiger partial charge is 0.417 e. The van der Waals surface area contributed by atoms with E-state index in [9.17, 15) is 32.6 Å². The zero-order valence-electron chi connectivity index (χ0n) is 27.6. The van der Waals surface area contributed by atoms with Gasteiger partial charge in [-0.3, -0.25) is 4.79 Å². The van der Waals surface area contributed by atoms with Crippen LogP contribution in [0.1, 0.15) is 116 Å². The number of aromatic nitrogens is 2. The standard InChI is InChI=1S/C36H45F4N3O4/c1-30(2,37)29-41-28(42-47-29)34-11-8-32(9-12-34,10-13-34)21-43(27(44)24-17-35(46,18-24)36(38,39)40)26-7-5-6-22(14-26)23-15-33(16-23)19-25(20-33)31(3,4)45/h5-7,14-15,24-25,45-46H,8-13,16-21H2,1-4H3/t24?,25?,32-,33?,34+,35?. The van der Waals surface area contributed by atoms with E-state index in [1.165, 1.54) is 19.4 Å². The summed E-state index contributed by atoms with van der Waals surface area (Å²) in [5, 5.41) is 24.7. The van der Waals surface area contributed by atoms with Crippen molar-refractivity contribution in [3.8, 4) is 0 Å². The molecular weight excluding hydrogens is 614 g/mol. The Hall–Kier alpha value is -2.79. The van der Waals surface area contributed by atoms with Gasteiger partial charge in [0.25, 0.3) is 5.89 Å². The number of hydrogen-bond donors (Lipinski definition) is 2. The summed E-state index contributed by atoms with van der Waals surface area (Å²) >= 11 is 0. The van der Waals surface area contributed by atoms with Gasteiger partial charge in [-0.1, -0.05) is 23.4 Å². The fraction of sp³-hybridized carbons (Fsp3) is 0.694. The molecule has 2 aromatic rings. The third kappa shape index (κ3) is 5.53. The number of carbonyl (C=O) groups is 1. The SMILES string of the molecule is CC(C)(F)c1nc([C@]23CC[C@](CN(C(=O)C4CC(O)(C(F)(F)F)C4)c4cccc(C5=CC6(C5)CC(C(C)(C)O)C6)c4)(CC2)CC3)no1. The molecule has 6 aliphatic rings. The lowest BCUT2D eigenvalue weighted by atomic mass is 9.50. The molecule has 6 aliphatic carbocycles. The molecule has 5 saturated carbocycles.